The highest BCUT2D eigenvalue weighted by Gasteiger charge is 2.14. The van der Waals surface area contributed by atoms with Gasteiger partial charge in [0.2, 0.25) is 0 Å². The molecule has 0 aliphatic heterocycles. The summed E-state index contributed by atoms with van der Waals surface area (Å²) in [6, 6.07) is 16.9. The highest BCUT2D eigenvalue weighted by atomic mass is 79.9. The summed E-state index contributed by atoms with van der Waals surface area (Å²) in [5.74, 6) is 0.533. The second-order valence-corrected chi connectivity index (χ2v) is 8.13. The predicted molar refractivity (Wildman–Crippen MR) is 126 cm³/mol. The van der Waals surface area contributed by atoms with E-state index in [4.69, 9.17) is 32.7 Å². The van der Waals surface area contributed by atoms with Gasteiger partial charge in [0, 0.05) is 25.6 Å². The Hall–Kier alpha value is -2.52. The Morgan fingerprint density at radius 1 is 1.10 bits per heavy atom. The fourth-order valence-electron chi connectivity index (χ4n) is 2.84. The zero-order valence-electron chi connectivity index (χ0n) is 16.5. The molecule has 0 heterocycles. The van der Waals surface area contributed by atoms with Gasteiger partial charge < -0.3 is 9.47 Å². The molecule has 0 aliphatic carbocycles. The van der Waals surface area contributed by atoms with Crippen molar-refractivity contribution in [3.8, 4) is 17.6 Å². The van der Waals surface area contributed by atoms with Gasteiger partial charge in [-0.3, -0.25) is 0 Å². The van der Waals surface area contributed by atoms with Gasteiger partial charge in [0.1, 0.15) is 12.4 Å². The van der Waals surface area contributed by atoms with E-state index < -0.39 is 5.82 Å². The van der Waals surface area contributed by atoms with Gasteiger partial charge in [0.15, 0.2) is 11.5 Å². The van der Waals surface area contributed by atoms with Crippen molar-refractivity contribution in [2.45, 2.75) is 13.5 Å². The maximum absolute atomic E-state index is 14.1. The third-order valence-electron chi connectivity index (χ3n) is 4.35. The van der Waals surface area contributed by atoms with Crippen LogP contribution in [-0.2, 0) is 6.61 Å². The minimum atomic E-state index is -0.462. The number of hydrogen-bond donors (Lipinski definition) is 0. The molecule has 3 aromatic rings. The molecule has 0 bridgehead atoms. The summed E-state index contributed by atoms with van der Waals surface area (Å²) in [5.41, 5.74) is 1.86. The maximum Gasteiger partial charge on any atom is 0.162 e. The minimum absolute atomic E-state index is 0.197. The van der Waals surface area contributed by atoms with Crippen molar-refractivity contribution in [1.82, 2.24) is 0 Å². The molecule has 0 saturated carbocycles. The van der Waals surface area contributed by atoms with E-state index in [1.807, 2.05) is 6.92 Å². The van der Waals surface area contributed by atoms with Crippen molar-refractivity contribution in [3.05, 3.63) is 91.6 Å². The van der Waals surface area contributed by atoms with Crippen LogP contribution in [0.1, 0.15) is 23.6 Å². The van der Waals surface area contributed by atoms with Crippen molar-refractivity contribution in [3.63, 3.8) is 0 Å². The van der Waals surface area contributed by atoms with Crippen LogP contribution in [0.3, 0.4) is 0 Å². The van der Waals surface area contributed by atoms with Gasteiger partial charge >= 0.3 is 0 Å². The molecule has 3 nitrogen and oxygen atoms in total. The molecule has 0 aromatic heterocycles. The average Bonchev–Trinajstić information content (AvgIpc) is 2.74. The summed E-state index contributed by atoms with van der Waals surface area (Å²) in [5, 5.41) is 10.6. The normalized spacial score (nSPS) is 11.2. The van der Waals surface area contributed by atoms with Crippen LogP contribution in [0.15, 0.2) is 59.1 Å². The first-order valence-electron chi connectivity index (χ1n) is 9.32. The summed E-state index contributed by atoms with van der Waals surface area (Å²) in [6.45, 7) is 2.50. The van der Waals surface area contributed by atoms with Gasteiger partial charge in [-0.15, -0.1) is 0 Å². The number of halogens is 4. The lowest BCUT2D eigenvalue weighted by Crippen LogP contribution is -2.01. The topological polar surface area (TPSA) is 42.2 Å². The number of nitriles is 1. The minimum Gasteiger partial charge on any atom is -0.490 e. The van der Waals surface area contributed by atoms with E-state index >= 15 is 0 Å². The molecule has 0 N–H and O–H groups in total. The Morgan fingerprint density at radius 2 is 1.84 bits per heavy atom. The lowest BCUT2D eigenvalue weighted by Gasteiger charge is -2.15. The van der Waals surface area contributed by atoms with Crippen molar-refractivity contribution in [2.24, 2.45) is 0 Å². The molecule has 3 rings (SSSR count). The quantitative estimate of drug-likeness (QED) is 0.234. The summed E-state index contributed by atoms with van der Waals surface area (Å²) in [6.07, 6.45) is 1.60. The van der Waals surface area contributed by atoms with E-state index in [0.717, 1.165) is 5.56 Å². The first-order chi connectivity index (χ1) is 14.9. The van der Waals surface area contributed by atoms with Gasteiger partial charge in [-0.05, 0) is 48.9 Å². The van der Waals surface area contributed by atoms with Crippen LogP contribution in [-0.4, -0.2) is 6.61 Å². The standard InChI is InChI=1S/C24H17BrCl2FNO2/c1-2-30-23-10-16(9-17(13-29)19-5-3-4-6-22(19)28)20(25)12-24(23)31-14-15-7-8-18(26)11-21(15)27/h3-12H,2,14H2,1H3/b17-9-. The highest BCUT2D eigenvalue weighted by Crippen LogP contribution is 2.36. The molecule has 0 radical (unpaired) electrons. The Labute approximate surface area is 198 Å². The zero-order chi connectivity index (χ0) is 22.4. The van der Waals surface area contributed by atoms with Crippen LogP contribution in [0.5, 0.6) is 11.5 Å². The Bertz CT molecular complexity index is 1170. The number of benzene rings is 3. The second-order valence-electron chi connectivity index (χ2n) is 6.43. The van der Waals surface area contributed by atoms with Gasteiger partial charge in [0.25, 0.3) is 0 Å². The fourth-order valence-corrected chi connectivity index (χ4v) is 3.74. The van der Waals surface area contributed by atoms with Crippen LogP contribution < -0.4 is 9.47 Å². The summed E-state index contributed by atoms with van der Waals surface area (Å²) >= 11 is 15.7. The van der Waals surface area contributed by atoms with Crippen molar-refractivity contribution < 1.29 is 13.9 Å². The van der Waals surface area contributed by atoms with E-state index in [-0.39, 0.29) is 17.7 Å². The number of hydrogen-bond acceptors (Lipinski definition) is 3. The van der Waals surface area contributed by atoms with Gasteiger partial charge in [-0.1, -0.05) is 63.4 Å². The third kappa shape index (κ3) is 5.80. The summed E-state index contributed by atoms with van der Waals surface area (Å²) in [7, 11) is 0. The molecule has 158 valence electrons. The van der Waals surface area contributed by atoms with Crippen molar-refractivity contribution >= 4 is 50.8 Å². The molecule has 0 atom stereocenters. The maximum atomic E-state index is 14.1. The summed E-state index contributed by atoms with van der Waals surface area (Å²) < 4.78 is 26.5. The Morgan fingerprint density at radius 3 is 2.52 bits per heavy atom. The Balaban J connectivity index is 1.94. The van der Waals surface area contributed by atoms with Crippen molar-refractivity contribution in [2.75, 3.05) is 6.61 Å². The van der Waals surface area contributed by atoms with E-state index in [2.05, 4.69) is 22.0 Å². The van der Waals surface area contributed by atoms with E-state index in [1.54, 1.807) is 54.6 Å². The average molecular weight is 521 g/mol. The van der Waals surface area contributed by atoms with Gasteiger partial charge in [-0.25, -0.2) is 4.39 Å². The van der Waals surface area contributed by atoms with Gasteiger partial charge in [-0.2, -0.15) is 5.26 Å². The molecule has 3 aromatic carbocycles. The summed E-state index contributed by atoms with van der Waals surface area (Å²) in [4.78, 5) is 0. The first kappa shape index (κ1) is 23.1. The number of allylic oxidation sites excluding steroid dienone is 1. The number of nitrogens with zero attached hydrogens (tertiary/aromatic N) is 1. The number of ether oxygens (including phenoxy) is 2. The second kappa shape index (κ2) is 10.7. The molecule has 0 saturated heterocycles. The van der Waals surface area contributed by atoms with Crippen LogP contribution >= 0.6 is 39.1 Å². The molecule has 0 amide bonds. The van der Waals surface area contributed by atoms with Crippen LogP contribution in [0, 0.1) is 17.1 Å². The van der Waals surface area contributed by atoms with E-state index in [9.17, 15) is 9.65 Å². The monoisotopic (exact) mass is 519 g/mol. The molecule has 7 heteroatoms. The fraction of sp³-hybridized carbons (Fsp3) is 0.125. The molecule has 31 heavy (non-hydrogen) atoms. The molecule has 0 aliphatic rings. The lowest BCUT2D eigenvalue weighted by molar-refractivity contribution is 0.269. The van der Waals surface area contributed by atoms with E-state index in [0.29, 0.717) is 38.2 Å². The molecule has 0 spiro atoms. The third-order valence-corrected chi connectivity index (χ3v) is 5.62. The van der Waals surface area contributed by atoms with Crippen molar-refractivity contribution in [1.29, 1.82) is 5.26 Å². The molecule has 0 fully saturated rings. The van der Waals surface area contributed by atoms with E-state index in [1.165, 1.54) is 6.07 Å². The highest BCUT2D eigenvalue weighted by molar-refractivity contribution is 9.10. The van der Waals surface area contributed by atoms with Crippen LogP contribution in [0.4, 0.5) is 4.39 Å². The molecular formula is C24H17BrCl2FNO2. The smallest absolute Gasteiger partial charge is 0.162 e. The Kier molecular flexibility index (Phi) is 7.97. The molecular weight excluding hydrogens is 504 g/mol. The first-order valence-corrected chi connectivity index (χ1v) is 10.9. The SMILES string of the molecule is CCOc1cc(/C=C(/C#N)c2ccccc2F)c(Br)cc1OCc1ccc(Cl)cc1Cl. The predicted octanol–water partition coefficient (Wildman–Crippen LogP) is 7.94. The lowest BCUT2D eigenvalue weighted by atomic mass is 10.0. The van der Waals surface area contributed by atoms with Crippen LogP contribution in [0.2, 0.25) is 10.0 Å². The van der Waals surface area contributed by atoms with Crippen LogP contribution in [0.25, 0.3) is 11.6 Å². The molecule has 0 unspecified atom stereocenters. The van der Waals surface area contributed by atoms with Gasteiger partial charge in [0.05, 0.1) is 18.2 Å². The zero-order valence-corrected chi connectivity index (χ0v) is 19.6. The number of rotatable bonds is 7. The largest absolute Gasteiger partial charge is 0.490 e.